The van der Waals surface area contributed by atoms with Crippen molar-refractivity contribution in [3.63, 3.8) is 0 Å². The van der Waals surface area contributed by atoms with E-state index in [0.717, 1.165) is 12.8 Å². The number of aromatic nitrogens is 4. The van der Waals surface area contributed by atoms with Crippen molar-refractivity contribution < 1.29 is 22.7 Å². The number of hydrogen-bond acceptors (Lipinski definition) is 6. The van der Waals surface area contributed by atoms with Gasteiger partial charge in [0, 0.05) is 36.5 Å². The van der Waals surface area contributed by atoms with Crippen LogP contribution in [0.15, 0.2) is 34.0 Å². The summed E-state index contributed by atoms with van der Waals surface area (Å²) in [7, 11) is 0. The Morgan fingerprint density at radius 1 is 1.33 bits per heavy atom. The second-order valence-electron chi connectivity index (χ2n) is 7.63. The Kier molecular flexibility index (Phi) is 5.91. The van der Waals surface area contributed by atoms with Crippen molar-refractivity contribution in [2.45, 2.75) is 44.9 Å². The second kappa shape index (κ2) is 8.68. The van der Waals surface area contributed by atoms with E-state index >= 15 is 0 Å². The lowest BCUT2D eigenvalue weighted by Crippen LogP contribution is -2.33. The first-order valence-electron chi connectivity index (χ1n) is 10.3. The molecule has 1 saturated carbocycles. The molecule has 174 valence electrons. The van der Waals surface area contributed by atoms with Gasteiger partial charge in [-0.05, 0) is 31.9 Å². The number of halogens is 3. The Labute approximate surface area is 184 Å². The molecule has 0 bridgehead atoms. The van der Waals surface area contributed by atoms with E-state index in [-0.39, 0.29) is 47.0 Å². The molecule has 1 amide bonds. The van der Waals surface area contributed by atoms with Crippen LogP contribution in [0.25, 0.3) is 11.0 Å². The second-order valence-corrected chi connectivity index (χ2v) is 7.63. The van der Waals surface area contributed by atoms with Crippen molar-refractivity contribution in [2.24, 2.45) is 0 Å². The normalized spacial score (nSPS) is 13.8. The van der Waals surface area contributed by atoms with Crippen LogP contribution in [0.4, 0.5) is 13.2 Å². The number of nitrogens with zero attached hydrogens (tertiary/aromatic N) is 3. The summed E-state index contributed by atoms with van der Waals surface area (Å²) in [4.78, 5) is 48.3. The van der Waals surface area contributed by atoms with Gasteiger partial charge in [0.25, 0.3) is 11.5 Å². The highest BCUT2D eigenvalue weighted by atomic mass is 19.4. The van der Waals surface area contributed by atoms with Crippen LogP contribution in [-0.2, 0) is 13.1 Å². The van der Waals surface area contributed by atoms with Crippen LogP contribution >= 0.6 is 0 Å². The van der Waals surface area contributed by atoms with E-state index in [4.69, 9.17) is 4.74 Å². The fourth-order valence-electron chi connectivity index (χ4n) is 3.46. The maximum Gasteiger partial charge on any atom is 0.422 e. The first-order valence-corrected chi connectivity index (χ1v) is 10.3. The number of aromatic amines is 1. The Morgan fingerprint density at radius 2 is 2.09 bits per heavy atom. The molecule has 3 aromatic heterocycles. The van der Waals surface area contributed by atoms with Gasteiger partial charge in [0.2, 0.25) is 5.88 Å². The lowest BCUT2D eigenvalue weighted by atomic mass is 10.1. The zero-order valence-corrected chi connectivity index (χ0v) is 17.5. The van der Waals surface area contributed by atoms with Gasteiger partial charge in [-0.15, -0.1) is 0 Å². The summed E-state index contributed by atoms with van der Waals surface area (Å²) in [6.07, 6.45) is -1.49. The lowest BCUT2D eigenvalue weighted by Gasteiger charge is -2.14. The Bertz CT molecular complexity index is 1330. The van der Waals surface area contributed by atoms with Crippen LogP contribution in [0.3, 0.4) is 0 Å². The summed E-state index contributed by atoms with van der Waals surface area (Å²) in [5, 5.41) is 2.57. The molecule has 0 atom stereocenters. The van der Waals surface area contributed by atoms with E-state index in [1.54, 1.807) is 6.92 Å². The number of amides is 1. The number of hydrogen-bond donors (Lipinski definition) is 2. The van der Waals surface area contributed by atoms with Gasteiger partial charge in [-0.1, -0.05) is 6.07 Å². The predicted octanol–water partition coefficient (Wildman–Crippen LogP) is 2.25. The van der Waals surface area contributed by atoms with Gasteiger partial charge in [-0.3, -0.25) is 19.1 Å². The van der Waals surface area contributed by atoms with E-state index in [1.807, 2.05) is 0 Å². The van der Waals surface area contributed by atoms with E-state index in [0.29, 0.717) is 5.69 Å². The number of pyridine rings is 2. The Balaban J connectivity index is 1.67. The average Bonchev–Trinajstić information content (AvgIpc) is 3.61. The minimum atomic E-state index is -4.54. The van der Waals surface area contributed by atoms with Crippen LogP contribution in [-0.4, -0.2) is 38.2 Å². The number of aryl methyl sites for hydroxylation is 1. The molecule has 0 unspecified atom stereocenters. The van der Waals surface area contributed by atoms with Crippen LogP contribution in [0.2, 0.25) is 0 Å². The topological polar surface area (TPSA) is 119 Å². The Morgan fingerprint density at radius 3 is 2.76 bits per heavy atom. The highest BCUT2D eigenvalue weighted by Crippen LogP contribution is 2.39. The van der Waals surface area contributed by atoms with Crippen LogP contribution in [0.1, 0.15) is 47.3 Å². The highest BCUT2D eigenvalue weighted by Gasteiger charge is 2.30. The molecule has 3 aromatic rings. The Hall–Kier alpha value is -3.70. The number of carbonyl (C=O) groups excluding carboxylic acids is 1. The van der Waals surface area contributed by atoms with Gasteiger partial charge >= 0.3 is 11.9 Å². The first-order chi connectivity index (χ1) is 15.7. The van der Waals surface area contributed by atoms with Crippen molar-refractivity contribution >= 4 is 16.9 Å². The number of carbonyl (C=O) groups is 1. The van der Waals surface area contributed by atoms with Gasteiger partial charge in [-0.25, -0.2) is 14.8 Å². The van der Waals surface area contributed by atoms with Gasteiger partial charge < -0.3 is 10.1 Å². The smallest absolute Gasteiger partial charge is 0.422 e. The molecule has 0 aromatic carbocycles. The van der Waals surface area contributed by atoms with Crippen LogP contribution < -0.4 is 21.3 Å². The third-order valence-corrected chi connectivity index (χ3v) is 5.19. The maximum absolute atomic E-state index is 13.1. The SMILES string of the molecule is CCn1c(=O)[nH]c(=O)c2c(C(=O)NCc3cccnc3OCC(F)(F)F)cc(C3CC3)nc21. The van der Waals surface area contributed by atoms with Crippen LogP contribution in [0, 0.1) is 0 Å². The summed E-state index contributed by atoms with van der Waals surface area (Å²) in [5.74, 6) is -0.755. The maximum atomic E-state index is 13.1. The quantitative estimate of drug-likeness (QED) is 0.555. The molecule has 0 spiro atoms. The number of nitrogens with one attached hydrogen (secondary N) is 2. The molecular weight excluding hydrogens is 443 g/mol. The van der Waals surface area contributed by atoms with E-state index < -0.39 is 29.9 Å². The third kappa shape index (κ3) is 4.89. The molecule has 0 aliphatic heterocycles. The highest BCUT2D eigenvalue weighted by molar-refractivity contribution is 6.05. The molecule has 2 N–H and O–H groups in total. The number of alkyl halides is 3. The zero-order chi connectivity index (χ0) is 23.8. The third-order valence-electron chi connectivity index (χ3n) is 5.19. The van der Waals surface area contributed by atoms with Gasteiger partial charge in [0.15, 0.2) is 12.3 Å². The average molecular weight is 463 g/mol. The summed E-state index contributed by atoms with van der Waals surface area (Å²) in [6.45, 7) is 0.252. The predicted molar refractivity (Wildman–Crippen MR) is 111 cm³/mol. The summed E-state index contributed by atoms with van der Waals surface area (Å²) >= 11 is 0. The lowest BCUT2D eigenvalue weighted by molar-refractivity contribution is -0.154. The van der Waals surface area contributed by atoms with Gasteiger partial charge in [0.05, 0.1) is 10.9 Å². The molecule has 1 aliphatic rings. The number of fused-ring (bicyclic) bond motifs is 1. The fourth-order valence-corrected chi connectivity index (χ4v) is 3.46. The number of rotatable bonds is 7. The molecule has 0 radical (unpaired) electrons. The molecule has 33 heavy (non-hydrogen) atoms. The molecular formula is C21H20F3N5O4. The molecule has 9 nitrogen and oxygen atoms in total. The van der Waals surface area contributed by atoms with Crippen molar-refractivity contribution in [3.05, 3.63) is 62.1 Å². The molecule has 12 heteroatoms. The summed E-state index contributed by atoms with van der Waals surface area (Å²) in [6, 6.07) is 4.50. The standard InChI is InChI=1S/C21H20F3N5O4/c1-2-29-16-15(18(31)28-20(29)32)13(8-14(27-16)11-5-6-11)17(30)26-9-12-4-3-7-25-19(12)33-10-21(22,23)24/h3-4,7-8,11H,2,5-6,9-10H2,1H3,(H,26,30)(H,28,31,32). The monoisotopic (exact) mass is 463 g/mol. The van der Waals surface area contributed by atoms with E-state index in [9.17, 15) is 27.6 Å². The number of ether oxygens (including phenoxy) is 1. The molecule has 1 aliphatic carbocycles. The molecule has 1 fully saturated rings. The van der Waals surface area contributed by atoms with Gasteiger partial charge in [0.1, 0.15) is 0 Å². The van der Waals surface area contributed by atoms with Crippen molar-refractivity contribution in [2.75, 3.05) is 6.61 Å². The van der Waals surface area contributed by atoms with Crippen molar-refractivity contribution in [1.29, 1.82) is 0 Å². The summed E-state index contributed by atoms with van der Waals surface area (Å²) in [5.41, 5.74) is -0.368. The van der Waals surface area contributed by atoms with Crippen molar-refractivity contribution in [3.8, 4) is 5.88 Å². The molecule has 4 rings (SSSR count). The van der Waals surface area contributed by atoms with Crippen molar-refractivity contribution in [1.82, 2.24) is 24.8 Å². The number of H-pyrrole nitrogens is 1. The largest absolute Gasteiger partial charge is 0.468 e. The first kappa shape index (κ1) is 22.5. The van der Waals surface area contributed by atoms with Gasteiger partial charge in [-0.2, -0.15) is 13.2 Å². The molecule has 0 saturated heterocycles. The zero-order valence-electron chi connectivity index (χ0n) is 17.5. The molecule has 3 heterocycles. The van der Waals surface area contributed by atoms with E-state index in [1.165, 1.54) is 29.0 Å². The van der Waals surface area contributed by atoms with E-state index in [2.05, 4.69) is 20.3 Å². The minimum Gasteiger partial charge on any atom is -0.468 e. The minimum absolute atomic E-state index is 0.0296. The fraction of sp³-hybridized carbons (Fsp3) is 0.381. The van der Waals surface area contributed by atoms with Crippen LogP contribution in [0.5, 0.6) is 5.88 Å². The summed E-state index contributed by atoms with van der Waals surface area (Å²) < 4.78 is 43.5.